The van der Waals surface area contributed by atoms with Crippen LogP contribution in [0.15, 0.2) is 65.5 Å². The summed E-state index contributed by atoms with van der Waals surface area (Å²) in [7, 11) is 1.26. The van der Waals surface area contributed by atoms with Crippen LogP contribution in [0.4, 0.5) is 11.4 Å². The van der Waals surface area contributed by atoms with Gasteiger partial charge in [-0.25, -0.2) is 14.2 Å². The molecule has 0 aliphatic carbocycles. The van der Waals surface area contributed by atoms with E-state index < -0.39 is 23.3 Å². The van der Waals surface area contributed by atoms with Gasteiger partial charge in [-0.3, -0.25) is 14.4 Å². The smallest absolute Gasteiger partial charge is 0.337 e. The Bertz CT molecular complexity index is 1480. The van der Waals surface area contributed by atoms with Crippen LogP contribution in [0.25, 0.3) is 4.96 Å². The van der Waals surface area contributed by atoms with Crippen LogP contribution < -0.4 is 16.2 Å². The molecule has 10 heteroatoms. The van der Waals surface area contributed by atoms with Crippen molar-refractivity contribution in [2.45, 2.75) is 19.8 Å². The maximum atomic E-state index is 13.4. The van der Waals surface area contributed by atoms with E-state index in [0.29, 0.717) is 23.5 Å². The second kappa shape index (κ2) is 10.3. The highest BCUT2D eigenvalue weighted by Gasteiger charge is 2.26. The maximum Gasteiger partial charge on any atom is 0.337 e. The van der Waals surface area contributed by atoms with Gasteiger partial charge in [-0.2, -0.15) is 0 Å². The highest BCUT2D eigenvalue weighted by atomic mass is 32.1. The number of thiazole rings is 1. The van der Waals surface area contributed by atoms with E-state index in [4.69, 9.17) is 4.74 Å². The number of benzene rings is 2. The number of fused-ring (bicyclic) bond motifs is 1. The third-order valence-electron chi connectivity index (χ3n) is 5.07. The van der Waals surface area contributed by atoms with Crippen LogP contribution in [0.5, 0.6) is 0 Å². The van der Waals surface area contributed by atoms with Crippen molar-refractivity contribution in [2.75, 3.05) is 17.7 Å². The van der Waals surface area contributed by atoms with Gasteiger partial charge in [0.25, 0.3) is 17.4 Å². The summed E-state index contributed by atoms with van der Waals surface area (Å²) in [5.74, 6) is -1.80. The molecule has 2 aromatic heterocycles. The molecule has 35 heavy (non-hydrogen) atoms. The van der Waals surface area contributed by atoms with E-state index in [2.05, 4.69) is 15.6 Å². The summed E-state index contributed by atoms with van der Waals surface area (Å²) < 4.78 is 5.87. The molecule has 4 rings (SSSR count). The molecule has 0 aliphatic rings. The molecule has 0 saturated heterocycles. The van der Waals surface area contributed by atoms with Crippen LogP contribution in [0.1, 0.15) is 49.6 Å². The third kappa shape index (κ3) is 5.12. The number of anilines is 2. The van der Waals surface area contributed by atoms with Crippen molar-refractivity contribution in [3.8, 4) is 0 Å². The number of hydrogen-bond donors (Lipinski definition) is 2. The Balaban J connectivity index is 1.79. The Morgan fingerprint density at radius 2 is 1.69 bits per heavy atom. The second-order valence-corrected chi connectivity index (χ2v) is 8.56. The minimum absolute atomic E-state index is 0.0359. The summed E-state index contributed by atoms with van der Waals surface area (Å²) in [5, 5.41) is 5.43. The topological polar surface area (TPSA) is 119 Å². The molecular formula is C25H22N4O5S. The van der Waals surface area contributed by atoms with Gasteiger partial charge in [-0.05, 0) is 36.8 Å². The number of para-hydroxylation sites is 1. The number of hydrogen-bond acceptors (Lipinski definition) is 7. The van der Waals surface area contributed by atoms with E-state index in [-0.39, 0.29) is 21.1 Å². The number of nitrogens with one attached hydrogen (secondary N) is 2. The lowest BCUT2D eigenvalue weighted by molar-refractivity contribution is 0.0600. The van der Waals surface area contributed by atoms with Crippen molar-refractivity contribution in [3.63, 3.8) is 0 Å². The first-order valence-electron chi connectivity index (χ1n) is 10.8. The van der Waals surface area contributed by atoms with Gasteiger partial charge >= 0.3 is 5.97 Å². The number of methoxy groups -OCH3 is 1. The molecule has 0 spiro atoms. The molecule has 2 aromatic carbocycles. The predicted molar refractivity (Wildman–Crippen MR) is 133 cm³/mol. The van der Waals surface area contributed by atoms with Crippen molar-refractivity contribution in [1.82, 2.24) is 9.38 Å². The lowest BCUT2D eigenvalue weighted by Crippen LogP contribution is -2.25. The number of amides is 2. The third-order valence-corrected chi connectivity index (χ3v) is 6.11. The summed E-state index contributed by atoms with van der Waals surface area (Å²) in [6.45, 7) is 1.97. The quantitative estimate of drug-likeness (QED) is 0.378. The van der Waals surface area contributed by atoms with Crippen molar-refractivity contribution in [3.05, 3.63) is 92.8 Å². The minimum atomic E-state index is -0.691. The lowest BCUT2D eigenvalue weighted by Gasteiger charge is -2.09. The van der Waals surface area contributed by atoms with Crippen LogP contribution in [0.2, 0.25) is 0 Å². The van der Waals surface area contributed by atoms with Gasteiger partial charge in [-0.15, -0.1) is 0 Å². The number of ether oxygens (including phenoxy) is 1. The monoisotopic (exact) mass is 490 g/mol. The van der Waals surface area contributed by atoms with Crippen LogP contribution in [-0.2, 0) is 11.2 Å². The van der Waals surface area contributed by atoms with Crippen LogP contribution in [0.3, 0.4) is 0 Å². The molecule has 0 bridgehead atoms. The first-order valence-corrected chi connectivity index (χ1v) is 11.6. The van der Waals surface area contributed by atoms with E-state index in [1.165, 1.54) is 19.2 Å². The molecule has 2 heterocycles. The highest BCUT2D eigenvalue weighted by molar-refractivity contribution is 7.19. The fraction of sp³-hybridized carbons (Fsp3) is 0.160. The van der Waals surface area contributed by atoms with E-state index >= 15 is 0 Å². The molecule has 4 aromatic rings. The number of carbonyl (C=O) groups excluding carboxylic acids is 3. The Kier molecular flexibility index (Phi) is 7.02. The lowest BCUT2D eigenvalue weighted by atomic mass is 10.2. The fourth-order valence-corrected chi connectivity index (χ4v) is 4.55. The standard InChI is InChI=1S/C25H22N4O5S/c1-3-8-17-14-19(30)29-20(22(31)27-18-12-7-9-15(13-18)24(33)34-2)21(35-25(29)28-17)23(32)26-16-10-5-4-6-11-16/h4-7,9-14H,3,8H2,1-2H3,(H,26,32)(H,27,31). The molecule has 0 aliphatic heterocycles. The van der Waals surface area contributed by atoms with E-state index in [1.807, 2.05) is 13.0 Å². The Morgan fingerprint density at radius 3 is 2.40 bits per heavy atom. The molecule has 0 unspecified atom stereocenters. The van der Waals surface area contributed by atoms with Crippen LogP contribution >= 0.6 is 11.3 Å². The van der Waals surface area contributed by atoms with Gasteiger partial charge in [0.2, 0.25) is 0 Å². The first-order chi connectivity index (χ1) is 16.9. The number of rotatable bonds is 7. The highest BCUT2D eigenvalue weighted by Crippen LogP contribution is 2.24. The molecule has 0 saturated carbocycles. The van der Waals surface area contributed by atoms with Gasteiger partial charge in [-0.1, -0.05) is 48.9 Å². The fourth-order valence-electron chi connectivity index (χ4n) is 3.51. The average molecular weight is 491 g/mol. The largest absolute Gasteiger partial charge is 0.465 e. The zero-order chi connectivity index (χ0) is 24.9. The summed E-state index contributed by atoms with van der Waals surface area (Å²) in [6, 6.07) is 16.3. The number of aromatic nitrogens is 2. The molecule has 0 radical (unpaired) electrons. The SMILES string of the molecule is CCCc1cc(=O)n2c(C(=O)Nc3cccc(C(=O)OC)c3)c(C(=O)Nc3ccccc3)sc2n1. The molecule has 0 fully saturated rings. The maximum absolute atomic E-state index is 13.4. The average Bonchev–Trinajstić information content (AvgIpc) is 3.25. The normalized spacial score (nSPS) is 10.7. The predicted octanol–water partition coefficient (Wildman–Crippen LogP) is 4.00. The molecule has 2 N–H and O–H groups in total. The first kappa shape index (κ1) is 23.8. The van der Waals surface area contributed by atoms with Crippen molar-refractivity contribution in [1.29, 1.82) is 0 Å². The Labute approximate surface area is 204 Å². The number of aryl methyl sites for hydroxylation is 1. The summed E-state index contributed by atoms with van der Waals surface area (Å²) in [4.78, 5) is 56.2. The number of nitrogens with zero attached hydrogens (tertiary/aromatic N) is 2. The van der Waals surface area contributed by atoms with E-state index in [9.17, 15) is 19.2 Å². The Morgan fingerprint density at radius 1 is 0.971 bits per heavy atom. The molecular weight excluding hydrogens is 468 g/mol. The van der Waals surface area contributed by atoms with Gasteiger partial charge < -0.3 is 15.4 Å². The van der Waals surface area contributed by atoms with Gasteiger partial charge in [0.1, 0.15) is 10.6 Å². The summed E-state index contributed by atoms with van der Waals surface area (Å²) >= 11 is 0.961. The van der Waals surface area contributed by atoms with E-state index in [0.717, 1.165) is 22.2 Å². The molecule has 9 nitrogen and oxygen atoms in total. The Hall–Kier alpha value is -4.31. The van der Waals surface area contributed by atoms with Gasteiger partial charge in [0, 0.05) is 23.1 Å². The molecule has 178 valence electrons. The van der Waals surface area contributed by atoms with Crippen molar-refractivity contribution in [2.24, 2.45) is 0 Å². The molecule has 2 amide bonds. The van der Waals surface area contributed by atoms with Gasteiger partial charge in [0.05, 0.1) is 12.7 Å². The van der Waals surface area contributed by atoms with Crippen LogP contribution in [0, 0.1) is 0 Å². The number of esters is 1. The molecule has 0 atom stereocenters. The number of carbonyl (C=O) groups is 3. The van der Waals surface area contributed by atoms with E-state index in [1.54, 1.807) is 42.5 Å². The van der Waals surface area contributed by atoms with Gasteiger partial charge in [0.15, 0.2) is 4.96 Å². The summed E-state index contributed by atoms with van der Waals surface area (Å²) in [5.41, 5.74) is 1.08. The van der Waals surface area contributed by atoms with Crippen molar-refractivity contribution >= 4 is 45.5 Å². The minimum Gasteiger partial charge on any atom is -0.465 e. The second-order valence-electron chi connectivity index (χ2n) is 7.58. The zero-order valence-electron chi connectivity index (χ0n) is 19.0. The summed E-state index contributed by atoms with van der Waals surface area (Å²) in [6.07, 6.45) is 1.39. The van der Waals surface area contributed by atoms with Crippen LogP contribution in [-0.4, -0.2) is 34.3 Å². The van der Waals surface area contributed by atoms with Crippen molar-refractivity contribution < 1.29 is 19.1 Å². The zero-order valence-corrected chi connectivity index (χ0v) is 19.8.